The summed E-state index contributed by atoms with van der Waals surface area (Å²) in [4.78, 5) is 10.4. The molecule has 0 aliphatic rings. The number of carboxylic acids is 1. The van der Waals surface area contributed by atoms with Crippen molar-refractivity contribution in [3.05, 3.63) is 23.7 Å². The van der Waals surface area contributed by atoms with E-state index in [1.807, 2.05) is 6.92 Å². The number of carbonyl (C=O) groups is 1. The second-order valence-corrected chi connectivity index (χ2v) is 2.52. The zero-order valence-corrected chi connectivity index (χ0v) is 6.78. The molecule has 0 aromatic carbocycles. The maximum atomic E-state index is 10.4. The fraction of sp³-hybridized carbons (Fsp3) is 0.375. The lowest BCUT2D eigenvalue weighted by atomic mass is 10.2. The molecule has 1 atom stereocenters. The van der Waals surface area contributed by atoms with Gasteiger partial charge >= 0.3 is 5.97 Å². The van der Waals surface area contributed by atoms with Crippen molar-refractivity contribution >= 4 is 5.97 Å². The standard InChI is InChI=1S/C8H11NO3/c1-2-5(9)6-3-4-7(12-6)8(10)11/h3-5H,2,9H2,1H3,(H,10,11). The second kappa shape index (κ2) is 3.40. The van der Waals surface area contributed by atoms with Gasteiger partial charge in [0.2, 0.25) is 5.76 Å². The van der Waals surface area contributed by atoms with Crippen molar-refractivity contribution in [1.29, 1.82) is 0 Å². The van der Waals surface area contributed by atoms with Crippen LogP contribution >= 0.6 is 0 Å². The summed E-state index contributed by atoms with van der Waals surface area (Å²) in [6, 6.07) is 2.79. The molecule has 1 rings (SSSR count). The number of hydrogen-bond donors (Lipinski definition) is 2. The van der Waals surface area contributed by atoms with Crippen molar-refractivity contribution < 1.29 is 14.3 Å². The number of rotatable bonds is 3. The molecule has 0 spiro atoms. The van der Waals surface area contributed by atoms with E-state index in [1.165, 1.54) is 6.07 Å². The summed E-state index contributed by atoms with van der Waals surface area (Å²) in [5, 5.41) is 8.52. The summed E-state index contributed by atoms with van der Waals surface area (Å²) < 4.78 is 4.97. The first kappa shape index (κ1) is 8.80. The number of aromatic carboxylic acids is 1. The minimum Gasteiger partial charge on any atom is -0.475 e. The van der Waals surface area contributed by atoms with Gasteiger partial charge in [-0.1, -0.05) is 6.92 Å². The van der Waals surface area contributed by atoms with Crippen LogP contribution in [0.2, 0.25) is 0 Å². The Morgan fingerprint density at radius 1 is 1.75 bits per heavy atom. The highest BCUT2D eigenvalue weighted by molar-refractivity contribution is 5.84. The van der Waals surface area contributed by atoms with E-state index in [-0.39, 0.29) is 11.8 Å². The van der Waals surface area contributed by atoms with Gasteiger partial charge in [-0.15, -0.1) is 0 Å². The van der Waals surface area contributed by atoms with Gasteiger partial charge in [0.15, 0.2) is 0 Å². The van der Waals surface area contributed by atoms with Crippen LogP contribution in [-0.4, -0.2) is 11.1 Å². The Hall–Kier alpha value is -1.29. The van der Waals surface area contributed by atoms with Crippen LogP contribution in [0.1, 0.15) is 35.7 Å². The lowest BCUT2D eigenvalue weighted by Crippen LogP contribution is -2.07. The molecule has 0 saturated heterocycles. The van der Waals surface area contributed by atoms with Crippen LogP contribution in [0, 0.1) is 0 Å². The van der Waals surface area contributed by atoms with Crippen molar-refractivity contribution in [2.45, 2.75) is 19.4 Å². The first-order valence-corrected chi connectivity index (χ1v) is 3.73. The summed E-state index contributed by atoms with van der Waals surface area (Å²) in [7, 11) is 0. The number of nitrogens with two attached hydrogens (primary N) is 1. The zero-order valence-electron chi connectivity index (χ0n) is 6.78. The fourth-order valence-corrected chi connectivity index (χ4v) is 0.868. The molecule has 66 valence electrons. The molecule has 0 bridgehead atoms. The molecule has 0 radical (unpaired) electrons. The van der Waals surface area contributed by atoms with Gasteiger partial charge in [0.25, 0.3) is 0 Å². The highest BCUT2D eigenvalue weighted by Gasteiger charge is 2.12. The van der Waals surface area contributed by atoms with Gasteiger partial charge in [-0.25, -0.2) is 4.79 Å². The molecular formula is C8H11NO3. The predicted molar refractivity (Wildman–Crippen MR) is 42.9 cm³/mol. The Morgan fingerprint density at radius 3 is 2.83 bits per heavy atom. The molecule has 0 amide bonds. The van der Waals surface area contributed by atoms with E-state index in [0.717, 1.165) is 6.42 Å². The number of hydrogen-bond acceptors (Lipinski definition) is 3. The zero-order chi connectivity index (χ0) is 9.14. The molecule has 0 aliphatic carbocycles. The van der Waals surface area contributed by atoms with E-state index >= 15 is 0 Å². The van der Waals surface area contributed by atoms with Crippen molar-refractivity contribution in [2.24, 2.45) is 5.73 Å². The van der Waals surface area contributed by atoms with Crippen molar-refractivity contribution in [2.75, 3.05) is 0 Å². The van der Waals surface area contributed by atoms with Gasteiger partial charge in [-0.05, 0) is 18.6 Å². The van der Waals surface area contributed by atoms with Gasteiger partial charge in [0, 0.05) is 0 Å². The van der Waals surface area contributed by atoms with Crippen molar-refractivity contribution in [3.63, 3.8) is 0 Å². The highest BCUT2D eigenvalue weighted by atomic mass is 16.4. The van der Waals surface area contributed by atoms with Crippen LogP contribution in [0.4, 0.5) is 0 Å². The third kappa shape index (κ3) is 1.65. The monoisotopic (exact) mass is 169 g/mol. The van der Waals surface area contributed by atoms with E-state index in [2.05, 4.69) is 0 Å². The summed E-state index contributed by atoms with van der Waals surface area (Å²) in [6.07, 6.45) is 0.729. The average molecular weight is 169 g/mol. The Balaban J connectivity index is 2.84. The van der Waals surface area contributed by atoms with Crippen molar-refractivity contribution in [1.82, 2.24) is 0 Å². The van der Waals surface area contributed by atoms with E-state index < -0.39 is 5.97 Å². The second-order valence-electron chi connectivity index (χ2n) is 2.52. The first-order valence-electron chi connectivity index (χ1n) is 3.73. The molecular weight excluding hydrogens is 158 g/mol. The third-order valence-electron chi connectivity index (χ3n) is 1.64. The van der Waals surface area contributed by atoms with E-state index in [1.54, 1.807) is 6.07 Å². The fourth-order valence-electron chi connectivity index (χ4n) is 0.868. The quantitative estimate of drug-likeness (QED) is 0.716. The maximum absolute atomic E-state index is 10.4. The SMILES string of the molecule is CCC(N)c1ccc(C(=O)O)o1. The Labute approximate surface area is 70.0 Å². The Bertz CT molecular complexity index is 280. The predicted octanol–water partition coefficient (Wildman–Crippen LogP) is 1.39. The highest BCUT2D eigenvalue weighted by Crippen LogP contribution is 2.16. The Morgan fingerprint density at radius 2 is 2.42 bits per heavy atom. The van der Waals surface area contributed by atoms with Gasteiger partial charge in [-0.2, -0.15) is 0 Å². The molecule has 4 nitrogen and oxygen atoms in total. The molecule has 0 aliphatic heterocycles. The normalized spacial score (nSPS) is 12.8. The summed E-state index contributed by atoms with van der Waals surface area (Å²) in [5.41, 5.74) is 5.62. The van der Waals surface area contributed by atoms with E-state index in [9.17, 15) is 4.79 Å². The molecule has 1 heterocycles. The molecule has 1 aromatic rings. The molecule has 4 heteroatoms. The molecule has 0 saturated carbocycles. The molecule has 1 aromatic heterocycles. The number of furan rings is 1. The van der Waals surface area contributed by atoms with Crippen LogP contribution in [-0.2, 0) is 0 Å². The van der Waals surface area contributed by atoms with Gasteiger partial charge in [0.1, 0.15) is 5.76 Å². The van der Waals surface area contributed by atoms with Crippen molar-refractivity contribution in [3.8, 4) is 0 Å². The Kier molecular flexibility index (Phi) is 2.50. The van der Waals surface area contributed by atoms with Crippen LogP contribution < -0.4 is 5.73 Å². The summed E-state index contributed by atoms with van der Waals surface area (Å²) in [5.74, 6) is -0.603. The topological polar surface area (TPSA) is 76.5 Å². The first-order chi connectivity index (χ1) is 5.65. The molecule has 3 N–H and O–H groups in total. The van der Waals surface area contributed by atoms with Crippen LogP contribution in [0.5, 0.6) is 0 Å². The summed E-state index contributed by atoms with van der Waals surface area (Å²) >= 11 is 0. The molecule has 0 fully saturated rings. The van der Waals surface area contributed by atoms with E-state index in [0.29, 0.717) is 5.76 Å². The summed E-state index contributed by atoms with van der Waals surface area (Å²) in [6.45, 7) is 1.91. The largest absolute Gasteiger partial charge is 0.475 e. The lowest BCUT2D eigenvalue weighted by molar-refractivity contribution is 0.0659. The van der Waals surface area contributed by atoms with Gasteiger partial charge < -0.3 is 15.3 Å². The van der Waals surface area contributed by atoms with Crippen LogP contribution in [0.15, 0.2) is 16.5 Å². The number of carboxylic acid groups (broad SMARTS) is 1. The molecule has 1 unspecified atom stereocenters. The minimum absolute atomic E-state index is 0.0612. The van der Waals surface area contributed by atoms with Gasteiger partial charge in [-0.3, -0.25) is 0 Å². The third-order valence-corrected chi connectivity index (χ3v) is 1.64. The van der Waals surface area contributed by atoms with Gasteiger partial charge in [0.05, 0.1) is 6.04 Å². The van der Waals surface area contributed by atoms with E-state index in [4.69, 9.17) is 15.3 Å². The van der Waals surface area contributed by atoms with Crippen LogP contribution in [0.25, 0.3) is 0 Å². The maximum Gasteiger partial charge on any atom is 0.371 e. The lowest BCUT2D eigenvalue weighted by Gasteiger charge is -2.02. The van der Waals surface area contributed by atoms with Crippen LogP contribution in [0.3, 0.4) is 0 Å². The molecule has 12 heavy (non-hydrogen) atoms. The smallest absolute Gasteiger partial charge is 0.371 e. The minimum atomic E-state index is -1.07. The average Bonchev–Trinajstić information content (AvgIpc) is 2.51.